The van der Waals surface area contributed by atoms with Gasteiger partial charge < -0.3 is 17.0 Å². The Labute approximate surface area is 135 Å². The first kappa shape index (κ1) is 19.4. The van der Waals surface area contributed by atoms with E-state index in [0.717, 1.165) is 6.54 Å². The van der Waals surface area contributed by atoms with Crippen molar-refractivity contribution < 1.29 is 21.5 Å². The van der Waals surface area contributed by atoms with Crippen molar-refractivity contribution in [2.24, 2.45) is 0 Å². The first-order valence-electron chi connectivity index (χ1n) is 8.06. The van der Waals surface area contributed by atoms with Gasteiger partial charge in [-0.3, -0.25) is 0 Å². The molecule has 2 nitrogen and oxygen atoms in total. The topological polar surface area (TPSA) is 8.81 Å². The number of hydrogen-bond donors (Lipinski definition) is 0. The minimum Gasteiger partial charge on any atom is -1.00 e. The number of nitrogens with zero attached hydrogens (tertiary/aromatic N) is 2. The predicted molar refractivity (Wildman–Crippen MR) is 82.9 cm³/mol. The number of hydrogen-bond acceptors (Lipinski definition) is 0. The second-order valence-corrected chi connectivity index (χ2v) is 5.46. The summed E-state index contributed by atoms with van der Waals surface area (Å²) in [5.74, 6) is 0. The fourth-order valence-electron chi connectivity index (χ4n) is 2.43. The van der Waals surface area contributed by atoms with Crippen molar-refractivity contribution in [1.82, 2.24) is 4.57 Å². The van der Waals surface area contributed by atoms with Crippen LogP contribution in [0.3, 0.4) is 0 Å². The lowest BCUT2D eigenvalue weighted by Gasteiger charge is -2.01. The SMILES string of the molecule is C=Cn1cc[n+](CCCCCCCCCCCC)c1.[Br-]. The second-order valence-electron chi connectivity index (χ2n) is 5.46. The zero-order valence-corrected chi connectivity index (χ0v) is 14.7. The highest BCUT2D eigenvalue weighted by molar-refractivity contribution is 5.12. The van der Waals surface area contributed by atoms with Crippen LogP contribution in [0.2, 0.25) is 0 Å². The number of rotatable bonds is 12. The van der Waals surface area contributed by atoms with Crippen LogP contribution in [0.4, 0.5) is 0 Å². The fourth-order valence-corrected chi connectivity index (χ4v) is 2.43. The molecule has 0 bridgehead atoms. The summed E-state index contributed by atoms with van der Waals surface area (Å²) in [7, 11) is 0. The van der Waals surface area contributed by atoms with Crippen LogP contribution >= 0.6 is 0 Å². The quantitative estimate of drug-likeness (QED) is 0.404. The Balaban J connectivity index is 0.00000361. The van der Waals surface area contributed by atoms with Gasteiger partial charge in [0.15, 0.2) is 0 Å². The molecular formula is C17H31BrN2. The van der Waals surface area contributed by atoms with E-state index in [1.54, 1.807) is 0 Å². The van der Waals surface area contributed by atoms with Gasteiger partial charge in [-0.15, -0.1) is 0 Å². The molecule has 1 aromatic rings. The van der Waals surface area contributed by atoms with Crippen LogP contribution in [0.1, 0.15) is 71.1 Å². The Hall–Kier alpha value is -0.570. The van der Waals surface area contributed by atoms with Gasteiger partial charge in [-0.1, -0.05) is 64.9 Å². The normalized spacial score (nSPS) is 10.2. The zero-order chi connectivity index (χ0) is 13.8. The number of aromatic nitrogens is 2. The molecule has 0 aliphatic rings. The summed E-state index contributed by atoms with van der Waals surface area (Å²) in [5, 5.41) is 0. The van der Waals surface area contributed by atoms with Crippen molar-refractivity contribution in [1.29, 1.82) is 0 Å². The third-order valence-electron chi connectivity index (χ3n) is 3.69. The molecule has 0 aliphatic carbocycles. The molecule has 0 radical (unpaired) electrons. The van der Waals surface area contributed by atoms with E-state index in [9.17, 15) is 0 Å². The third kappa shape index (κ3) is 9.35. The van der Waals surface area contributed by atoms with E-state index >= 15 is 0 Å². The number of halogens is 1. The van der Waals surface area contributed by atoms with Crippen LogP contribution in [0, 0.1) is 0 Å². The Morgan fingerprint density at radius 2 is 1.50 bits per heavy atom. The molecule has 20 heavy (non-hydrogen) atoms. The smallest absolute Gasteiger partial charge is 0.248 e. The average molecular weight is 343 g/mol. The monoisotopic (exact) mass is 342 g/mol. The van der Waals surface area contributed by atoms with Crippen LogP contribution in [0.25, 0.3) is 6.20 Å². The van der Waals surface area contributed by atoms with Crippen LogP contribution < -0.4 is 21.5 Å². The van der Waals surface area contributed by atoms with Gasteiger partial charge in [-0.05, 0) is 12.8 Å². The van der Waals surface area contributed by atoms with E-state index in [2.05, 4.69) is 30.6 Å². The molecule has 0 unspecified atom stereocenters. The van der Waals surface area contributed by atoms with Gasteiger partial charge in [0.25, 0.3) is 0 Å². The minimum absolute atomic E-state index is 0. The maximum atomic E-state index is 3.75. The number of imidazole rings is 1. The highest BCUT2D eigenvalue weighted by Gasteiger charge is 2.00. The molecule has 0 amide bonds. The second kappa shape index (κ2) is 13.4. The lowest BCUT2D eigenvalue weighted by molar-refractivity contribution is -0.696. The van der Waals surface area contributed by atoms with E-state index in [4.69, 9.17) is 0 Å². The molecule has 0 saturated carbocycles. The van der Waals surface area contributed by atoms with Crippen LogP contribution in [0.5, 0.6) is 0 Å². The molecule has 0 aromatic carbocycles. The summed E-state index contributed by atoms with van der Waals surface area (Å²) < 4.78 is 4.24. The van der Waals surface area contributed by atoms with E-state index in [1.165, 1.54) is 64.2 Å². The highest BCUT2D eigenvalue weighted by atomic mass is 79.9. The molecule has 0 spiro atoms. The molecule has 1 heterocycles. The van der Waals surface area contributed by atoms with Gasteiger partial charge in [0.2, 0.25) is 6.33 Å². The van der Waals surface area contributed by atoms with Gasteiger partial charge >= 0.3 is 0 Å². The first-order chi connectivity index (χ1) is 9.36. The summed E-state index contributed by atoms with van der Waals surface area (Å²) in [6, 6.07) is 0. The van der Waals surface area contributed by atoms with Gasteiger partial charge in [0.1, 0.15) is 12.4 Å². The summed E-state index contributed by atoms with van der Waals surface area (Å²) in [4.78, 5) is 0. The average Bonchev–Trinajstić information content (AvgIpc) is 2.89. The summed E-state index contributed by atoms with van der Waals surface area (Å²) in [6.45, 7) is 7.17. The first-order valence-corrected chi connectivity index (χ1v) is 8.06. The third-order valence-corrected chi connectivity index (χ3v) is 3.69. The molecule has 116 valence electrons. The van der Waals surface area contributed by atoms with E-state index in [1.807, 2.05) is 17.0 Å². The summed E-state index contributed by atoms with van der Waals surface area (Å²) >= 11 is 0. The van der Waals surface area contributed by atoms with Crippen molar-refractivity contribution in [3.8, 4) is 0 Å². The summed E-state index contributed by atoms with van der Waals surface area (Å²) in [6.07, 6.45) is 22.1. The maximum Gasteiger partial charge on any atom is 0.248 e. The van der Waals surface area contributed by atoms with E-state index in [0.29, 0.717) is 0 Å². The van der Waals surface area contributed by atoms with Crippen molar-refractivity contribution in [3.63, 3.8) is 0 Å². The Bertz CT molecular complexity index is 333. The van der Waals surface area contributed by atoms with Gasteiger partial charge in [-0.25, -0.2) is 9.13 Å². The highest BCUT2D eigenvalue weighted by Crippen LogP contribution is 2.10. The van der Waals surface area contributed by atoms with Crippen molar-refractivity contribution in [3.05, 3.63) is 25.3 Å². The zero-order valence-electron chi connectivity index (χ0n) is 13.1. The molecule has 0 fully saturated rings. The molecular weight excluding hydrogens is 312 g/mol. The predicted octanol–water partition coefficient (Wildman–Crippen LogP) is 1.80. The van der Waals surface area contributed by atoms with Crippen LogP contribution in [0.15, 0.2) is 25.3 Å². The van der Waals surface area contributed by atoms with Crippen molar-refractivity contribution in [2.75, 3.05) is 0 Å². The molecule has 1 rings (SSSR count). The number of aryl methyl sites for hydroxylation is 1. The lowest BCUT2D eigenvalue weighted by Crippen LogP contribution is -3.00. The molecule has 0 atom stereocenters. The Kier molecular flexibility index (Phi) is 13.0. The van der Waals surface area contributed by atoms with Crippen LogP contribution in [-0.2, 0) is 6.54 Å². The largest absolute Gasteiger partial charge is 1.00 e. The molecule has 0 aliphatic heterocycles. The summed E-state index contributed by atoms with van der Waals surface area (Å²) in [5.41, 5.74) is 0. The van der Waals surface area contributed by atoms with Gasteiger partial charge in [-0.2, -0.15) is 0 Å². The lowest BCUT2D eigenvalue weighted by atomic mass is 10.1. The van der Waals surface area contributed by atoms with Crippen molar-refractivity contribution >= 4 is 6.20 Å². The van der Waals surface area contributed by atoms with Crippen molar-refractivity contribution in [2.45, 2.75) is 77.7 Å². The minimum atomic E-state index is 0. The number of unbranched alkanes of at least 4 members (excludes halogenated alkanes) is 9. The molecule has 0 saturated heterocycles. The Morgan fingerprint density at radius 3 is 2.00 bits per heavy atom. The standard InChI is InChI=1S/C17H31N2.BrH/c1-3-5-6-7-8-9-10-11-12-13-14-19-16-15-18(4-2)17-19;/h4,15-17H,2-3,5-14H2,1H3;1H/q+1;/p-1. The molecule has 1 aromatic heterocycles. The van der Waals surface area contributed by atoms with Gasteiger partial charge in [0, 0.05) is 0 Å². The fraction of sp³-hybridized carbons (Fsp3) is 0.706. The molecule has 3 heteroatoms. The Morgan fingerprint density at radius 1 is 0.950 bits per heavy atom. The van der Waals surface area contributed by atoms with E-state index < -0.39 is 0 Å². The maximum absolute atomic E-state index is 3.75. The van der Waals surface area contributed by atoms with E-state index in [-0.39, 0.29) is 17.0 Å². The molecule has 0 N–H and O–H groups in total. The van der Waals surface area contributed by atoms with Crippen LogP contribution in [-0.4, -0.2) is 4.57 Å². The van der Waals surface area contributed by atoms with Gasteiger partial charge in [0.05, 0.1) is 12.7 Å².